The number of amides is 3. The van der Waals surface area contributed by atoms with E-state index in [1.807, 2.05) is 51.4 Å². The number of rotatable bonds is 11. The van der Waals surface area contributed by atoms with Crippen molar-refractivity contribution in [1.29, 1.82) is 0 Å². The van der Waals surface area contributed by atoms with Crippen LogP contribution >= 0.6 is 11.3 Å². The van der Waals surface area contributed by atoms with Crippen molar-refractivity contribution in [3.05, 3.63) is 35.0 Å². The average Bonchev–Trinajstić information content (AvgIpc) is 3.29. The molecule has 0 spiro atoms. The maximum Gasteiger partial charge on any atom is 0.258 e. The van der Waals surface area contributed by atoms with Gasteiger partial charge in [0.15, 0.2) is 5.67 Å². The molecule has 2 unspecified atom stereocenters. The summed E-state index contributed by atoms with van der Waals surface area (Å²) < 4.78 is 20.7. The fourth-order valence-corrected chi connectivity index (χ4v) is 6.26. The summed E-state index contributed by atoms with van der Waals surface area (Å²) in [4.78, 5) is 46.6. The van der Waals surface area contributed by atoms with Gasteiger partial charge < -0.3 is 25.6 Å². The van der Waals surface area contributed by atoms with E-state index in [1.54, 1.807) is 16.2 Å². The number of hydrogen-bond acceptors (Lipinski definition) is 7. The number of likely N-dealkylation sites (tertiary alicyclic amines) is 1. The van der Waals surface area contributed by atoms with Gasteiger partial charge >= 0.3 is 0 Å². The van der Waals surface area contributed by atoms with Crippen LogP contribution < -0.4 is 20.7 Å². The van der Waals surface area contributed by atoms with E-state index in [0.29, 0.717) is 31.9 Å². The number of thiazole rings is 1. The molecule has 9 nitrogen and oxygen atoms in total. The number of ether oxygens (including phenoxy) is 1. The summed E-state index contributed by atoms with van der Waals surface area (Å²) in [7, 11) is 0. The van der Waals surface area contributed by atoms with Crippen molar-refractivity contribution in [2.75, 3.05) is 26.2 Å². The van der Waals surface area contributed by atoms with Gasteiger partial charge in [-0.05, 0) is 75.1 Å². The molecule has 5 rings (SSSR count). The number of nitrogens with zero attached hydrogens (tertiary/aromatic N) is 2. The minimum Gasteiger partial charge on any atom is -0.493 e. The Kier molecular flexibility index (Phi) is 8.89. The summed E-state index contributed by atoms with van der Waals surface area (Å²) in [6.45, 7) is 10.8. The molecule has 0 radical (unpaired) electrons. The largest absolute Gasteiger partial charge is 0.493 e. The van der Waals surface area contributed by atoms with Crippen molar-refractivity contribution in [2.24, 2.45) is 11.3 Å². The molecule has 0 bridgehead atoms. The van der Waals surface area contributed by atoms with Crippen LogP contribution in [-0.2, 0) is 20.9 Å². The van der Waals surface area contributed by atoms with Crippen molar-refractivity contribution in [1.82, 2.24) is 25.8 Å². The Hall–Kier alpha value is -3.05. The van der Waals surface area contributed by atoms with E-state index in [1.165, 1.54) is 0 Å². The van der Waals surface area contributed by atoms with Crippen molar-refractivity contribution < 1.29 is 23.5 Å². The Labute approximate surface area is 251 Å². The van der Waals surface area contributed by atoms with Gasteiger partial charge in [-0.3, -0.25) is 14.4 Å². The molecule has 3 aliphatic rings. The third-order valence-electron chi connectivity index (χ3n) is 8.50. The number of alkyl halides is 1. The zero-order valence-electron chi connectivity index (χ0n) is 24.9. The molecule has 1 saturated carbocycles. The molecule has 3 heterocycles. The van der Waals surface area contributed by atoms with E-state index < -0.39 is 29.1 Å². The summed E-state index contributed by atoms with van der Waals surface area (Å²) in [6, 6.07) is 4.42. The van der Waals surface area contributed by atoms with E-state index in [-0.39, 0.29) is 31.2 Å². The van der Waals surface area contributed by atoms with E-state index in [2.05, 4.69) is 20.9 Å². The lowest BCUT2D eigenvalue weighted by atomic mass is 9.85. The SMILES string of the molecule is Cc1ncsc1-c1ccc(CNC(=O)C2CCCN2C(=O)C(NC(=O)C2(F)CC2)C(C)(C)C)c(OCCC2CNC2)c1. The zero-order valence-corrected chi connectivity index (χ0v) is 25.7. The van der Waals surface area contributed by atoms with Gasteiger partial charge in [0.25, 0.3) is 5.91 Å². The molecule has 2 aromatic rings. The van der Waals surface area contributed by atoms with Crippen LogP contribution in [0.15, 0.2) is 23.7 Å². The third kappa shape index (κ3) is 6.78. The quantitative estimate of drug-likeness (QED) is 0.363. The molecule has 3 N–H and O–H groups in total. The van der Waals surface area contributed by atoms with Gasteiger partial charge in [0, 0.05) is 18.7 Å². The van der Waals surface area contributed by atoms with Gasteiger partial charge in [0.2, 0.25) is 11.8 Å². The topological polar surface area (TPSA) is 113 Å². The summed E-state index contributed by atoms with van der Waals surface area (Å²) in [5.74, 6) is -0.00111. The second-order valence-corrected chi connectivity index (χ2v) is 13.8. The minimum absolute atomic E-state index is 0.174. The van der Waals surface area contributed by atoms with E-state index in [4.69, 9.17) is 4.74 Å². The molecular formula is C31H42FN5O4S. The highest BCUT2D eigenvalue weighted by Crippen LogP contribution is 2.40. The monoisotopic (exact) mass is 599 g/mol. The molecule has 1 aliphatic carbocycles. The molecule has 1 aromatic heterocycles. The standard InChI is InChI=1S/C31H42FN5O4S/c1-19-25(42-18-35-19)21-7-8-22(24(14-21)41-13-9-20-15-33-16-20)17-34-27(38)23-6-5-12-37(23)28(39)26(30(2,3)4)36-29(40)31(32)10-11-31/h7-8,14,18,20,23,26,33H,5-6,9-13,15-17H2,1-4H3,(H,34,38)(H,36,40). The summed E-state index contributed by atoms with van der Waals surface area (Å²) in [6.07, 6.45) is 2.50. The molecule has 2 atom stereocenters. The van der Waals surface area contributed by atoms with Crippen molar-refractivity contribution in [3.8, 4) is 16.2 Å². The van der Waals surface area contributed by atoms with Crippen LogP contribution in [0.2, 0.25) is 0 Å². The lowest BCUT2D eigenvalue weighted by molar-refractivity contribution is -0.144. The maximum atomic E-state index is 14.4. The first-order valence-electron chi connectivity index (χ1n) is 14.9. The van der Waals surface area contributed by atoms with E-state index in [9.17, 15) is 18.8 Å². The lowest BCUT2D eigenvalue weighted by Crippen LogP contribution is -2.58. The van der Waals surface area contributed by atoms with Crippen LogP contribution in [0.3, 0.4) is 0 Å². The van der Waals surface area contributed by atoms with Gasteiger partial charge in [-0.1, -0.05) is 32.9 Å². The summed E-state index contributed by atoms with van der Waals surface area (Å²) >= 11 is 1.58. The lowest BCUT2D eigenvalue weighted by Gasteiger charge is -2.35. The minimum atomic E-state index is -1.88. The number of carbonyl (C=O) groups is 3. The predicted molar refractivity (Wildman–Crippen MR) is 160 cm³/mol. The maximum absolute atomic E-state index is 14.4. The summed E-state index contributed by atoms with van der Waals surface area (Å²) in [5.41, 5.74) is 2.14. The number of halogens is 1. The van der Waals surface area contributed by atoms with Gasteiger partial charge in [-0.15, -0.1) is 11.3 Å². The first-order chi connectivity index (χ1) is 20.0. The van der Waals surface area contributed by atoms with Gasteiger partial charge in [0.05, 0.1) is 22.7 Å². The molecule has 3 fully saturated rings. The molecule has 228 valence electrons. The van der Waals surface area contributed by atoms with Crippen LogP contribution in [0.5, 0.6) is 5.75 Å². The van der Waals surface area contributed by atoms with Crippen molar-refractivity contribution in [3.63, 3.8) is 0 Å². The molecule has 42 heavy (non-hydrogen) atoms. The number of hydrogen-bond donors (Lipinski definition) is 3. The zero-order chi connectivity index (χ0) is 30.1. The molecular weight excluding hydrogens is 557 g/mol. The average molecular weight is 600 g/mol. The predicted octanol–water partition coefficient (Wildman–Crippen LogP) is 3.75. The number of nitrogens with one attached hydrogen (secondary N) is 3. The first-order valence-corrected chi connectivity index (χ1v) is 15.8. The van der Waals surface area contributed by atoms with Crippen LogP contribution in [0, 0.1) is 18.3 Å². The number of benzene rings is 1. The number of carbonyl (C=O) groups excluding carboxylic acids is 3. The Morgan fingerprint density at radius 1 is 1.26 bits per heavy atom. The Morgan fingerprint density at radius 3 is 2.64 bits per heavy atom. The van der Waals surface area contributed by atoms with Gasteiger partial charge in [0.1, 0.15) is 17.8 Å². The molecule has 2 saturated heterocycles. The fourth-order valence-electron chi connectivity index (χ4n) is 5.46. The smallest absolute Gasteiger partial charge is 0.258 e. The van der Waals surface area contributed by atoms with Gasteiger partial charge in [-0.2, -0.15) is 0 Å². The molecule has 3 amide bonds. The van der Waals surface area contributed by atoms with Crippen LogP contribution in [0.1, 0.15) is 64.1 Å². The van der Waals surface area contributed by atoms with Crippen LogP contribution in [0.25, 0.3) is 10.4 Å². The Morgan fingerprint density at radius 2 is 2.02 bits per heavy atom. The number of aromatic nitrogens is 1. The highest BCUT2D eigenvalue weighted by molar-refractivity contribution is 7.13. The van der Waals surface area contributed by atoms with Crippen molar-refractivity contribution in [2.45, 2.75) is 84.1 Å². The van der Waals surface area contributed by atoms with Crippen molar-refractivity contribution >= 4 is 29.1 Å². The van der Waals surface area contributed by atoms with Gasteiger partial charge in [-0.25, -0.2) is 9.37 Å². The summed E-state index contributed by atoms with van der Waals surface area (Å²) in [5, 5.41) is 8.97. The second kappa shape index (κ2) is 12.3. The van der Waals surface area contributed by atoms with Crippen LogP contribution in [0.4, 0.5) is 4.39 Å². The fraction of sp³-hybridized carbons (Fsp3) is 0.613. The first kappa shape index (κ1) is 30.4. The molecule has 1 aromatic carbocycles. The van der Waals surface area contributed by atoms with E-state index >= 15 is 0 Å². The Balaban J connectivity index is 1.26. The highest BCUT2D eigenvalue weighted by Gasteiger charge is 2.53. The third-order valence-corrected chi connectivity index (χ3v) is 9.48. The second-order valence-electron chi connectivity index (χ2n) is 12.9. The normalized spacial score (nSPS) is 20.5. The highest BCUT2D eigenvalue weighted by atomic mass is 32.1. The molecule has 11 heteroatoms. The molecule has 2 aliphatic heterocycles. The Bertz CT molecular complexity index is 1320. The van der Waals surface area contributed by atoms with E-state index in [0.717, 1.165) is 47.0 Å². The number of aryl methyl sites for hydroxylation is 1. The van der Waals surface area contributed by atoms with Crippen LogP contribution in [-0.4, -0.2) is 71.6 Å².